The van der Waals surface area contributed by atoms with Gasteiger partial charge in [0.2, 0.25) is 0 Å². The minimum absolute atomic E-state index is 0.134. The first-order chi connectivity index (χ1) is 6.74. The molecule has 0 amide bonds. The number of likely N-dealkylation sites (N-methyl/N-ethyl adjacent to an activating group) is 1. The predicted octanol–water partition coefficient (Wildman–Crippen LogP) is 1.59. The van der Waals surface area contributed by atoms with E-state index in [-0.39, 0.29) is 5.97 Å². The van der Waals surface area contributed by atoms with Gasteiger partial charge in [0.1, 0.15) is 0 Å². The molecule has 80 valence electrons. The number of ether oxygens (including phenoxy) is 1. The van der Waals surface area contributed by atoms with Crippen LogP contribution in [0.3, 0.4) is 0 Å². The monoisotopic (exact) mass is 197 g/mol. The van der Waals surface area contributed by atoms with E-state index in [9.17, 15) is 4.79 Å². The van der Waals surface area contributed by atoms with Crippen LogP contribution >= 0.6 is 0 Å². The van der Waals surface area contributed by atoms with Gasteiger partial charge in [-0.1, -0.05) is 19.4 Å². The van der Waals surface area contributed by atoms with Crippen molar-refractivity contribution >= 4 is 5.97 Å². The van der Waals surface area contributed by atoms with Crippen LogP contribution in [-0.4, -0.2) is 37.6 Å². The third kappa shape index (κ3) is 3.50. The highest BCUT2D eigenvalue weighted by Gasteiger charge is 2.16. The van der Waals surface area contributed by atoms with Gasteiger partial charge in [0, 0.05) is 18.7 Å². The smallest absolute Gasteiger partial charge is 0.334 e. The molecule has 3 nitrogen and oxygen atoms in total. The molecule has 0 aromatic rings. The van der Waals surface area contributed by atoms with E-state index in [1.165, 1.54) is 0 Å². The second-order valence-corrected chi connectivity index (χ2v) is 3.75. The molecule has 0 saturated heterocycles. The van der Waals surface area contributed by atoms with Crippen LogP contribution in [0.5, 0.6) is 0 Å². The molecule has 1 heterocycles. The number of rotatable bonds is 4. The lowest BCUT2D eigenvalue weighted by Gasteiger charge is -2.21. The lowest BCUT2D eigenvalue weighted by Crippen LogP contribution is -2.29. The summed E-state index contributed by atoms with van der Waals surface area (Å²) < 4.78 is 5.14. The molecule has 0 atom stereocenters. The number of unbranched alkanes of at least 4 members (excludes halogenated alkanes) is 1. The van der Waals surface area contributed by atoms with Gasteiger partial charge in [0.15, 0.2) is 0 Å². The van der Waals surface area contributed by atoms with Crippen molar-refractivity contribution in [2.75, 3.05) is 26.7 Å². The normalized spacial score (nSPS) is 17.7. The number of esters is 1. The van der Waals surface area contributed by atoms with Gasteiger partial charge in [-0.25, -0.2) is 4.79 Å². The van der Waals surface area contributed by atoms with Crippen LogP contribution in [0.25, 0.3) is 0 Å². The fraction of sp³-hybridized carbons (Fsp3) is 0.727. The van der Waals surface area contributed by atoms with Crippen LogP contribution in [0, 0.1) is 0 Å². The molecule has 0 N–H and O–H groups in total. The summed E-state index contributed by atoms with van der Waals surface area (Å²) in [7, 11) is 2.02. The molecular weight excluding hydrogens is 178 g/mol. The summed E-state index contributed by atoms with van der Waals surface area (Å²) in [4.78, 5) is 13.6. The maximum absolute atomic E-state index is 11.5. The average Bonchev–Trinajstić information content (AvgIpc) is 2.18. The maximum Gasteiger partial charge on any atom is 0.334 e. The Morgan fingerprint density at radius 3 is 3.07 bits per heavy atom. The Bertz CT molecular complexity index is 223. The summed E-state index contributed by atoms with van der Waals surface area (Å²) in [6, 6.07) is 0. The molecule has 1 aliphatic heterocycles. The van der Waals surface area contributed by atoms with Crippen LogP contribution in [0.2, 0.25) is 0 Å². The molecule has 0 aliphatic carbocycles. The largest absolute Gasteiger partial charge is 0.462 e. The van der Waals surface area contributed by atoms with E-state index in [1.807, 2.05) is 13.1 Å². The second-order valence-electron chi connectivity index (χ2n) is 3.75. The molecule has 0 radical (unpaired) electrons. The van der Waals surface area contributed by atoms with Gasteiger partial charge in [-0.05, 0) is 19.9 Å². The first-order valence-electron chi connectivity index (χ1n) is 5.28. The van der Waals surface area contributed by atoms with Crippen LogP contribution in [0.4, 0.5) is 0 Å². The van der Waals surface area contributed by atoms with Gasteiger partial charge in [-0.2, -0.15) is 0 Å². The molecule has 0 saturated carbocycles. The van der Waals surface area contributed by atoms with E-state index in [2.05, 4.69) is 11.8 Å². The highest BCUT2D eigenvalue weighted by molar-refractivity contribution is 5.89. The summed E-state index contributed by atoms with van der Waals surface area (Å²) in [6.45, 7) is 4.40. The number of nitrogens with zero attached hydrogens (tertiary/aromatic N) is 1. The Kier molecular flexibility index (Phi) is 4.66. The Hall–Kier alpha value is -0.830. The van der Waals surface area contributed by atoms with E-state index in [1.54, 1.807) is 0 Å². The van der Waals surface area contributed by atoms with E-state index < -0.39 is 0 Å². The molecule has 0 aromatic carbocycles. The third-order valence-corrected chi connectivity index (χ3v) is 2.34. The number of hydrogen-bond acceptors (Lipinski definition) is 3. The highest BCUT2D eigenvalue weighted by atomic mass is 16.5. The number of carbonyl (C=O) groups excluding carboxylic acids is 1. The molecule has 0 unspecified atom stereocenters. The fourth-order valence-corrected chi connectivity index (χ4v) is 1.44. The lowest BCUT2D eigenvalue weighted by molar-refractivity contribution is -0.139. The summed E-state index contributed by atoms with van der Waals surface area (Å²) in [5, 5.41) is 0. The van der Waals surface area contributed by atoms with Crippen molar-refractivity contribution in [3.8, 4) is 0 Å². The maximum atomic E-state index is 11.5. The fourth-order valence-electron chi connectivity index (χ4n) is 1.44. The van der Waals surface area contributed by atoms with Crippen molar-refractivity contribution < 1.29 is 9.53 Å². The summed E-state index contributed by atoms with van der Waals surface area (Å²) in [5.74, 6) is -0.134. The van der Waals surface area contributed by atoms with Crippen molar-refractivity contribution in [1.82, 2.24) is 4.90 Å². The van der Waals surface area contributed by atoms with Crippen molar-refractivity contribution in [3.63, 3.8) is 0 Å². The van der Waals surface area contributed by atoms with Crippen molar-refractivity contribution in [2.45, 2.75) is 26.2 Å². The van der Waals surface area contributed by atoms with Gasteiger partial charge in [0.05, 0.1) is 6.61 Å². The zero-order chi connectivity index (χ0) is 10.4. The molecule has 1 aliphatic rings. The van der Waals surface area contributed by atoms with Gasteiger partial charge >= 0.3 is 5.97 Å². The van der Waals surface area contributed by atoms with Crippen molar-refractivity contribution in [1.29, 1.82) is 0 Å². The van der Waals surface area contributed by atoms with Crippen LogP contribution in [0.1, 0.15) is 26.2 Å². The van der Waals surface area contributed by atoms with E-state index in [0.717, 1.165) is 37.9 Å². The summed E-state index contributed by atoms with van der Waals surface area (Å²) in [6.07, 6.45) is 4.96. The Labute approximate surface area is 85.7 Å². The predicted molar refractivity (Wildman–Crippen MR) is 56.1 cm³/mol. The highest BCUT2D eigenvalue weighted by Crippen LogP contribution is 2.09. The minimum Gasteiger partial charge on any atom is -0.462 e. The number of hydrogen-bond donors (Lipinski definition) is 0. The Morgan fingerprint density at radius 1 is 1.64 bits per heavy atom. The van der Waals surface area contributed by atoms with E-state index >= 15 is 0 Å². The summed E-state index contributed by atoms with van der Waals surface area (Å²) in [5.41, 5.74) is 0.815. The molecule has 0 fully saturated rings. The topological polar surface area (TPSA) is 29.5 Å². The van der Waals surface area contributed by atoms with E-state index in [0.29, 0.717) is 6.61 Å². The van der Waals surface area contributed by atoms with Gasteiger partial charge in [-0.3, -0.25) is 0 Å². The van der Waals surface area contributed by atoms with Crippen LogP contribution in [0.15, 0.2) is 11.6 Å². The Balaban J connectivity index is 2.32. The molecule has 0 spiro atoms. The van der Waals surface area contributed by atoms with Crippen molar-refractivity contribution in [2.24, 2.45) is 0 Å². The molecule has 14 heavy (non-hydrogen) atoms. The average molecular weight is 197 g/mol. The van der Waals surface area contributed by atoms with Gasteiger partial charge < -0.3 is 9.64 Å². The number of carbonyl (C=O) groups is 1. The third-order valence-electron chi connectivity index (χ3n) is 2.34. The first-order valence-corrected chi connectivity index (χ1v) is 5.28. The minimum atomic E-state index is -0.134. The van der Waals surface area contributed by atoms with Gasteiger partial charge in [-0.15, -0.1) is 0 Å². The standard InChI is InChI=1S/C11H19NO2/c1-3-4-8-14-11(13)10-6-5-7-12(2)9-10/h6H,3-5,7-9H2,1-2H3. The molecule has 0 bridgehead atoms. The summed E-state index contributed by atoms with van der Waals surface area (Å²) >= 11 is 0. The zero-order valence-electron chi connectivity index (χ0n) is 9.08. The van der Waals surface area contributed by atoms with E-state index in [4.69, 9.17) is 4.74 Å². The van der Waals surface area contributed by atoms with Crippen LogP contribution in [-0.2, 0) is 9.53 Å². The zero-order valence-corrected chi connectivity index (χ0v) is 9.08. The molecular formula is C11H19NO2. The van der Waals surface area contributed by atoms with Crippen molar-refractivity contribution in [3.05, 3.63) is 11.6 Å². The second kappa shape index (κ2) is 5.81. The van der Waals surface area contributed by atoms with Crippen LogP contribution < -0.4 is 0 Å². The molecule has 3 heteroatoms. The SMILES string of the molecule is CCCCOC(=O)C1=CCCN(C)C1. The molecule has 0 aromatic heterocycles. The lowest BCUT2D eigenvalue weighted by atomic mass is 10.1. The first kappa shape index (κ1) is 11.2. The Morgan fingerprint density at radius 2 is 2.43 bits per heavy atom. The molecule has 1 rings (SSSR count). The van der Waals surface area contributed by atoms with Gasteiger partial charge in [0.25, 0.3) is 0 Å². The quantitative estimate of drug-likeness (QED) is 0.506.